The number of benzene rings is 2. The molecule has 2 aromatic carbocycles. The maximum atomic E-state index is 12.5. The second kappa shape index (κ2) is 6.85. The Morgan fingerprint density at radius 3 is 2.38 bits per heavy atom. The molecule has 0 aliphatic carbocycles. The van der Waals surface area contributed by atoms with Crippen molar-refractivity contribution in [1.29, 1.82) is 0 Å². The van der Waals surface area contributed by atoms with Crippen LogP contribution < -0.4 is 10.5 Å². The van der Waals surface area contributed by atoms with Gasteiger partial charge in [0.25, 0.3) is 0 Å². The molecule has 112 valence electrons. The third-order valence-corrected chi connectivity index (χ3v) is 4.83. The van der Waals surface area contributed by atoms with E-state index < -0.39 is 10.0 Å². The number of rotatable bonds is 6. The standard InChI is InChI=1S/C16H20N2O2S/c1-2-15-9-8-14(11-17)10-16(15)21(19,20)18-12-13-6-4-3-5-7-13/h3-10,18H,2,11-12,17H2,1H3. The summed E-state index contributed by atoms with van der Waals surface area (Å²) in [4.78, 5) is 0.323. The Hall–Kier alpha value is -1.69. The van der Waals surface area contributed by atoms with Crippen molar-refractivity contribution in [3.05, 3.63) is 65.2 Å². The van der Waals surface area contributed by atoms with Gasteiger partial charge in [0.2, 0.25) is 10.0 Å². The highest BCUT2D eigenvalue weighted by molar-refractivity contribution is 7.89. The van der Waals surface area contributed by atoms with Gasteiger partial charge in [-0.25, -0.2) is 13.1 Å². The molecule has 0 amide bonds. The van der Waals surface area contributed by atoms with Crippen LogP contribution in [0.3, 0.4) is 0 Å². The fraction of sp³-hybridized carbons (Fsp3) is 0.250. The van der Waals surface area contributed by atoms with Gasteiger partial charge in [-0.15, -0.1) is 0 Å². The Kier molecular flexibility index (Phi) is 5.12. The van der Waals surface area contributed by atoms with Gasteiger partial charge in [-0.2, -0.15) is 0 Å². The fourth-order valence-corrected chi connectivity index (χ4v) is 3.50. The lowest BCUT2D eigenvalue weighted by Gasteiger charge is -2.12. The number of aryl methyl sites for hydroxylation is 1. The summed E-state index contributed by atoms with van der Waals surface area (Å²) in [6, 6.07) is 14.8. The van der Waals surface area contributed by atoms with Crippen LogP contribution in [0, 0.1) is 0 Å². The summed E-state index contributed by atoms with van der Waals surface area (Å²) < 4.78 is 27.7. The van der Waals surface area contributed by atoms with Gasteiger partial charge >= 0.3 is 0 Å². The van der Waals surface area contributed by atoms with Gasteiger partial charge in [0.15, 0.2) is 0 Å². The molecule has 0 unspecified atom stereocenters. The molecule has 0 aromatic heterocycles. The average Bonchev–Trinajstić information content (AvgIpc) is 2.53. The van der Waals surface area contributed by atoms with Crippen LogP contribution in [0.5, 0.6) is 0 Å². The molecule has 0 spiro atoms. The molecule has 2 aromatic rings. The van der Waals surface area contributed by atoms with Crippen molar-refractivity contribution in [2.75, 3.05) is 0 Å². The lowest BCUT2D eigenvalue weighted by Crippen LogP contribution is -2.24. The zero-order chi connectivity index (χ0) is 15.3. The van der Waals surface area contributed by atoms with E-state index in [9.17, 15) is 8.42 Å². The Balaban J connectivity index is 2.26. The van der Waals surface area contributed by atoms with Crippen LogP contribution in [-0.4, -0.2) is 8.42 Å². The minimum atomic E-state index is -3.54. The normalized spacial score (nSPS) is 11.5. The lowest BCUT2D eigenvalue weighted by molar-refractivity contribution is 0.580. The Labute approximate surface area is 126 Å². The fourth-order valence-electron chi connectivity index (χ4n) is 2.12. The van der Waals surface area contributed by atoms with Crippen LogP contribution in [-0.2, 0) is 29.5 Å². The Morgan fingerprint density at radius 2 is 1.76 bits per heavy atom. The highest BCUT2D eigenvalue weighted by atomic mass is 32.2. The summed E-state index contributed by atoms with van der Waals surface area (Å²) >= 11 is 0. The van der Waals surface area contributed by atoms with Crippen molar-refractivity contribution in [3.8, 4) is 0 Å². The van der Waals surface area contributed by atoms with Crippen molar-refractivity contribution in [2.45, 2.75) is 31.3 Å². The van der Waals surface area contributed by atoms with Gasteiger partial charge in [0.1, 0.15) is 0 Å². The number of hydrogen-bond acceptors (Lipinski definition) is 3. The Morgan fingerprint density at radius 1 is 1.05 bits per heavy atom. The van der Waals surface area contributed by atoms with Crippen LogP contribution in [0.4, 0.5) is 0 Å². The van der Waals surface area contributed by atoms with E-state index in [-0.39, 0.29) is 6.54 Å². The van der Waals surface area contributed by atoms with Gasteiger partial charge in [0, 0.05) is 13.1 Å². The van der Waals surface area contributed by atoms with Gasteiger partial charge in [-0.3, -0.25) is 0 Å². The van der Waals surface area contributed by atoms with E-state index >= 15 is 0 Å². The molecule has 0 saturated heterocycles. The molecule has 0 bridgehead atoms. The maximum Gasteiger partial charge on any atom is 0.241 e. The first-order valence-electron chi connectivity index (χ1n) is 6.92. The summed E-state index contributed by atoms with van der Waals surface area (Å²) in [5.74, 6) is 0. The topological polar surface area (TPSA) is 72.2 Å². The van der Waals surface area contributed by atoms with Gasteiger partial charge in [-0.05, 0) is 29.2 Å². The van der Waals surface area contributed by atoms with Crippen molar-refractivity contribution >= 4 is 10.0 Å². The number of nitrogens with two attached hydrogens (primary N) is 1. The van der Waals surface area contributed by atoms with E-state index in [1.54, 1.807) is 6.07 Å². The summed E-state index contributed by atoms with van der Waals surface area (Å²) in [6.07, 6.45) is 0.659. The van der Waals surface area contributed by atoms with E-state index in [0.717, 1.165) is 16.7 Å². The van der Waals surface area contributed by atoms with E-state index in [1.807, 2.05) is 49.4 Å². The van der Waals surface area contributed by atoms with Crippen molar-refractivity contribution in [3.63, 3.8) is 0 Å². The van der Waals surface area contributed by atoms with E-state index in [0.29, 0.717) is 17.9 Å². The summed E-state index contributed by atoms with van der Waals surface area (Å²) in [5.41, 5.74) is 8.14. The van der Waals surface area contributed by atoms with Crippen LogP contribution >= 0.6 is 0 Å². The molecule has 2 rings (SSSR count). The molecule has 0 aliphatic heterocycles. The number of sulfonamides is 1. The second-order valence-electron chi connectivity index (χ2n) is 4.81. The monoisotopic (exact) mass is 304 g/mol. The largest absolute Gasteiger partial charge is 0.326 e. The quantitative estimate of drug-likeness (QED) is 0.859. The minimum Gasteiger partial charge on any atom is -0.326 e. The van der Waals surface area contributed by atoms with Crippen molar-refractivity contribution < 1.29 is 8.42 Å². The van der Waals surface area contributed by atoms with Gasteiger partial charge in [-0.1, -0.05) is 49.4 Å². The molecular weight excluding hydrogens is 284 g/mol. The first-order valence-corrected chi connectivity index (χ1v) is 8.40. The molecule has 0 aliphatic rings. The zero-order valence-electron chi connectivity index (χ0n) is 12.0. The Bertz CT molecular complexity index is 697. The predicted molar refractivity (Wildman–Crippen MR) is 84.2 cm³/mol. The van der Waals surface area contributed by atoms with E-state index in [1.165, 1.54) is 0 Å². The van der Waals surface area contributed by atoms with Crippen LogP contribution in [0.2, 0.25) is 0 Å². The molecule has 21 heavy (non-hydrogen) atoms. The molecule has 0 atom stereocenters. The minimum absolute atomic E-state index is 0.277. The zero-order valence-corrected chi connectivity index (χ0v) is 12.9. The number of hydrogen-bond donors (Lipinski definition) is 2. The highest BCUT2D eigenvalue weighted by Gasteiger charge is 2.18. The lowest BCUT2D eigenvalue weighted by atomic mass is 10.1. The molecule has 0 radical (unpaired) electrons. The summed E-state index contributed by atoms with van der Waals surface area (Å²) in [7, 11) is -3.54. The molecule has 5 heteroatoms. The van der Waals surface area contributed by atoms with Crippen LogP contribution in [0.1, 0.15) is 23.6 Å². The average molecular weight is 304 g/mol. The smallest absolute Gasteiger partial charge is 0.241 e. The first kappa shape index (κ1) is 15.7. The molecule has 0 saturated carbocycles. The molecule has 3 N–H and O–H groups in total. The van der Waals surface area contributed by atoms with Crippen LogP contribution in [0.25, 0.3) is 0 Å². The second-order valence-corrected chi connectivity index (χ2v) is 6.55. The third kappa shape index (κ3) is 3.91. The molecular formula is C16H20N2O2S. The van der Waals surface area contributed by atoms with Crippen molar-refractivity contribution in [2.24, 2.45) is 5.73 Å². The van der Waals surface area contributed by atoms with E-state index in [2.05, 4.69) is 4.72 Å². The highest BCUT2D eigenvalue weighted by Crippen LogP contribution is 2.19. The van der Waals surface area contributed by atoms with Crippen LogP contribution in [0.15, 0.2) is 53.4 Å². The molecule has 0 fully saturated rings. The van der Waals surface area contributed by atoms with Gasteiger partial charge in [0.05, 0.1) is 4.90 Å². The maximum absolute atomic E-state index is 12.5. The van der Waals surface area contributed by atoms with E-state index in [4.69, 9.17) is 5.73 Å². The summed E-state index contributed by atoms with van der Waals surface area (Å²) in [6.45, 7) is 2.54. The molecule has 0 heterocycles. The van der Waals surface area contributed by atoms with Gasteiger partial charge < -0.3 is 5.73 Å². The summed E-state index contributed by atoms with van der Waals surface area (Å²) in [5, 5.41) is 0. The van der Waals surface area contributed by atoms with Crippen molar-refractivity contribution in [1.82, 2.24) is 4.72 Å². The SMILES string of the molecule is CCc1ccc(CN)cc1S(=O)(=O)NCc1ccccc1. The predicted octanol–water partition coefficient (Wildman–Crippen LogP) is 2.19. The first-order chi connectivity index (χ1) is 10.1. The molecule has 4 nitrogen and oxygen atoms in total. The number of nitrogens with one attached hydrogen (secondary N) is 1. The third-order valence-electron chi connectivity index (χ3n) is 3.35.